The van der Waals surface area contributed by atoms with E-state index in [1.54, 1.807) is 17.0 Å². The molecule has 2 aromatic carbocycles. The van der Waals surface area contributed by atoms with Crippen LogP contribution >= 0.6 is 23.8 Å². The Labute approximate surface area is 183 Å². The van der Waals surface area contributed by atoms with E-state index >= 15 is 0 Å². The molecule has 0 spiro atoms. The zero-order valence-electron chi connectivity index (χ0n) is 16.0. The van der Waals surface area contributed by atoms with Crippen molar-refractivity contribution in [2.75, 3.05) is 24.5 Å². The van der Waals surface area contributed by atoms with Crippen LogP contribution in [0.15, 0.2) is 35.4 Å². The smallest absolute Gasteiger partial charge is 0.184 e. The number of halogens is 4. The zero-order chi connectivity index (χ0) is 21.7. The van der Waals surface area contributed by atoms with Gasteiger partial charge < -0.3 is 16.0 Å². The fourth-order valence-electron chi connectivity index (χ4n) is 3.38. The fraction of sp³-hybridized carbons (Fsp3) is 0.300. The summed E-state index contributed by atoms with van der Waals surface area (Å²) in [6.07, 6.45) is 2.32. The molecule has 0 amide bonds. The average Bonchev–Trinajstić information content (AvgIpc) is 3.15. The lowest BCUT2D eigenvalue weighted by Gasteiger charge is -2.20. The van der Waals surface area contributed by atoms with Crippen molar-refractivity contribution in [3.8, 4) is 0 Å². The topological polar surface area (TPSA) is 65.7 Å². The van der Waals surface area contributed by atoms with Crippen molar-refractivity contribution >= 4 is 40.8 Å². The van der Waals surface area contributed by atoms with Gasteiger partial charge >= 0.3 is 0 Å². The predicted octanol–water partition coefficient (Wildman–Crippen LogP) is 3.34. The van der Waals surface area contributed by atoms with E-state index in [1.807, 2.05) is 0 Å². The maximum atomic E-state index is 14.5. The monoisotopic (exact) mass is 455 g/mol. The van der Waals surface area contributed by atoms with Gasteiger partial charge in [0.1, 0.15) is 17.5 Å². The maximum absolute atomic E-state index is 14.5. The summed E-state index contributed by atoms with van der Waals surface area (Å²) in [6.45, 7) is 1.62. The van der Waals surface area contributed by atoms with Crippen molar-refractivity contribution in [2.24, 2.45) is 10.8 Å². The van der Waals surface area contributed by atoms with Crippen molar-refractivity contribution in [1.29, 1.82) is 0 Å². The minimum atomic E-state index is -0.606. The van der Waals surface area contributed by atoms with Crippen LogP contribution in [0.2, 0.25) is 5.02 Å². The molecule has 0 aromatic heterocycles. The first-order valence-electron chi connectivity index (χ1n) is 9.34. The highest BCUT2D eigenvalue weighted by Crippen LogP contribution is 2.26. The molecule has 1 heterocycles. The van der Waals surface area contributed by atoms with E-state index in [1.165, 1.54) is 6.07 Å². The highest BCUT2D eigenvalue weighted by Gasteiger charge is 2.25. The third-order valence-electron chi connectivity index (χ3n) is 4.84. The Morgan fingerprint density at radius 2 is 2.07 bits per heavy atom. The molecule has 2 aromatic rings. The van der Waals surface area contributed by atoms with Crippen LogP contribution in [0.25, 0.3) is 0 Å². The zero-order valence-corrected chi connectivity index (χ0v) is 17.5. The Balaban J connectivity index is 1.57. The molecule has 1 saturated heterocycles. The lowest BCUT2D eigenvalue weighted by Crippen LogP contribution is -2.34. The first-order valence-corrected chi connectivity index (χ1v) is 10.1. The number of hydrazone groups is 1. The molecule has 1 atom stereocenters. The summed E-state index contributed by atoms with van der Waals surface area (Å²) in [7, 11) is 0. The average molecular weight is 456 g/mol. The molecule has 10 heteroatoms. The van der Waals surface area contributed by atoms with Crippen LogP contribution in [0.4, 0.5) is 18.9 Å². The van der Waals surface area contributed by atoms with Crippen LogP contribution in [0.1, 0.15) is 17.5 Å². The predicted molar refractivity (Wildman–Crippen MR) is 118 cm³/mol. The summed E-state index contributed by atoms with van der Waals surface area (Å²) in [6, 6.07) is 6.91. The van der Waals surface area contributed by atoms with E-state index in [-0.39, 0.29) is 28.2 Å². The molecule has 0 unspecified atom stereocenters. The second kappa shape index (κ2) is 10.1. The Kier molecular flexibility index (Phi) is 7.52. The Morgan fingerprint density at radius 1 is 1.27 bits per heavy atom. The third-order valence-corrected chi connectivity index (χ3v) is 5.29. The van der Waals surface area contributed by atoms with Crippen molar-refractivity contribution in [3.63, 3.8) is 0 Å². The van der Waals surface area contributed by atoms with Gasteiger partial charge in [0, 0.05) is 41.3 Å². The standard InChI is InChI=1S/C20H21ClF3N5S/c21-15-2-1-3-16(22)14(15)4-6-26-13-5-7-29(11-13)19-9-17(23)12(8-18(19)24)10-27-28-20(25)30/h1-3,8-10,13,26H,4-7,11H2,(H3,25,28,30)/t13-/m0/s1. The molecule has 1 fully saturated rings. The highest BCUT2D eigenvalue weighted by atomic mass is 35.5. The van der Waals surface area contributed by atoms with Crippen molar-refractivity contribution in [3.05, 3.63) is 63.9 Å². The van der Waals surface area contributed by atoms with E-state index in [2.05, 4.69) is 28.1 Å². The van der Waals surface area contributed by atoms with E-state index in [4.69, 9.17) is 17.3 Å². The summed E-state index contributed by atoms with van der Waals surface area (Å²) < 4.78 is 42.7. The van der Waals surface area contributed by atoms with Crippen LogP contribution < -0.4 is 21.4 Å². The first kappa shape index (κ1) is 22.3. The van der Waals surface area contributed by atoms with Crippen LogP contribution in [-0.2, 0) is 6.42 Å². The molecule has 3 rings (SSSR count). The molecule has 160 valence electrons. The Morgan fingerprint density at radius 3 is 2.80 bits per heavy atom. The van der Waals surface area contributed by atoms with Crippen LogP contribution in [0.3, 0.4) is 0 Å². The summed E-state index contributed by atoms with van der Waals surface area (Å²) >= 11 is 10.6. The number of benzene rings is 2. The fourth-order valence-corrected chi connectivity index (χ4v) is 3.69. The van der Waals surface area contributed by atoms with Crippen molar-refractivity contribution < 1.29 is 13.2 Å². The molecule has 1 aliphatic heterocycles. The van der Waals surface area contributed by atoms with Gasteiger partial charge in [0.05, 0.1) is 11.9 Å². The van der Waals surface area contributed by atoms with Gasteiger partial charge in [0.15, 0.2) is 5.11 Å². The number of nitrogens with zero attached hydrogens (tertiary/aromatic N) is 2. The van der Waals surface area contributed by atoms with Gasteiger partial charge in [-0.1, -0.05) is 17.7 Å². The number of rotatable bonds is 7. The van der Waals surface area contributed by atoms with Gasteiger partial charge in [-0.25, -0.2) is 13.2 Å². The second-order valence-electron chi connectivity index (χ2n) is 6.90. The van der Waals surface area contributed by atoms with Crippen LogP contribution in [0, 0.1) is 17.5 Å². The SMILES string of the molecule is NC(=S)NN=Cc1cc(F)c(N2CC[C@H](NCCc3c(F)cccc3Cl)C2)cc1F. The van der Waals surface area contributed by atoms with Gasteiger partial charge in [-0.05, 0) is 49.8 Å². The number of anilines is 1. The molecule has 5 nitrogen and oxygen atoms in total. The lowest BCUT2D eigenvalue weighted by atomic mass is 10.1. The molecule has 0 bridgehead atoms. The van der Waals surface area contributed by atoms with Gasteiger partial charge in [0.25, 0.3) is 0 Å². The summed E-state index contributed by atoms with van der Waals surface area (Å²) in [5.41, 5.74) is 8.16. The normalized spacial score (nSPS) is 16.4. The van der Waals surface area contributed by atoms with E-state index in [0.717, 1.165) is 24.8 Å². The number of thiocarbonyl (C=S) groups is 1. The third kappa shape index (κ3) is 5.62. The second-order valence-corrected chi connectivity index (χ2v) is 7.74. The summed E-state index contributed by atoms with van der Waals surface area (Å²) in [5.74, 6) is -1.49. The molecular weight excluding hydrogens is 435 g/mol. The molecule has 0 aliphatic carbocycles. The molecular formula is C20H21ClF3N5S. The van der Waals surface area contributed by atoms with E-state index in [0.29, 0.717) is 36.6 Å². The van der Waals surface area contributed by atoms with Gasteiger partial charge in [0.2, 0.25) is 0 Å². The highest BCUT2D eigenvalue weighted by molar-refractivity contribution is 7.80. The quantitative estimate of drug-likeness (QED) is 0.339. The minimum Gasteiger partial charge on any atom is -0.375 e. The van der Waals surface area contributed by atoms with Crippen LogP contribution in [-0.4, -0.2) is 37.0 Å². The van der Waals surface area contributed by atoms with Crippen molar-refractivity contribution in [1.82, 2.24) is 10.7 Å². The Hall–Kier alpha value is -2.36. The largest absolute Gasteiger partial charge is 0.375 e. The maximum Gasteiger partial charge on any atom is 0.184 e. The van der Waals surface area contributed by atoms with Crippen molar-refractivity contribution in [2.45, 2.75) is 18.9 Å². The van der Waals surface area contributed by atoms with Gasteiger partial charge in [-0.15, -0.1) is 0 Å². The summed E-state index contributed by atoms with van der Waals surface area (Å²) in [4.78, 5) is 1.78. The number of nitrogens with two attached hydrogens (primary N) is 1. The number of hydrogen-bond acceptors (Lipinski definition) is 4. The van der Waals surface area contributed by atoms with Gasteiger partial charge in [-0.2, -0.15) is 5.10 Å². The molecule has 30 heavy (non-hydrogen) atoms. The minimum absolute atomic E-state index is 0.0179. The molecule has 0 radical (unpaired) electrons. The Bertz CT molecular complexity index is 936. The summed E-state index contributed by atoms with van der Waals surface area (Å²) in [5, 5.41) is 7.30. The lowest BCUT2D eigenvalue weighted by molar-refractivity contribution is 0.542. The number of nitrogens with one attached hydrogen (secondary N) is 2. The molecule has 0 saturated carbocycles. The van der Waals surface area contributed by atoms with Gasteiger partial charge in [-0.3, -0.25) is 5.43 Å². The van der Waals surface area contributed by atoms with Crippen LogP contribution in [0.5, 0.6) is 0 Å². The number of hydrogen-bond donors (Lipinski definition) is 3. The molecule has 4 N–H and O–H groups in total. The van der Waals surface area contributed by atoms with E-state index < -0.39 is 11.6 Å². The first-order chi connectivity index (χ1) is 14.3. The molecule has 1 aliphatic rings. The van der Waals surface area contributed by atoms with E-state index in [9.17, 15) is 13.2 Å².